The summed E-state index contributed by atoms with van der Waals surface area (Å²) in [6.45, 7) is -0.470. The molecular formula is C19H17F2NO4S. The van der Waals surface area contributed by atoms with Crippen molar-refractivity contribution in [3.05, 3.63) is 60.2 Å². The van der Waals surface area contributed by atoms with Gasteiger partial charge in [-0.1, -0.05) is 30.0 Å². The Morgan fingerprint density at radius 1 is 1.15 bits per heavy atom. The van der Waals surface area contributed by atoms with Gasteiger partial charge in [0.25, 0.3) is 11.7 Å². The summed E-state index contributed by atoms with van der Waals surface area (Å²) in [6.07, 6.45) is 2.72. The van der Waals surface area contributed by atoms with Gasteiger partial charge in [0, 0.05) is 22.2 Å². The Balaban J connectivity index is 1.81. The van der Waals surface area contributed by atoms with E-state index in [1.165, 1.54) is 43.5 Å². The van der Waals surface area contributed by atoms with Gasteiger partial charge in [-0.2, -0.15) is 8.78 Å². The van der Waals surface area contributed by atoms with Gasteiger partial charge in [0.1, 0.15) is 5.75 Å². The van der Waals surface area contributed by atoms with Gasteiger partial charge in [0.15, 0.2) is 6.61 Å². The number of amides is 1. The summed E-state index contributed by atoms with van der Waals surface area (Å²) in [6, 6.07) is 13.0. The fourth-order valence-electron chi connectivity index (χ4n) is 2.06. The molecule has 0 aromatic heterocycles. The molecule has 0 aliphatic heterocycles. The molecule has 1 N–H and O–H groups in total. The molecule has 0 saturated heterocycles. The van der Waals surface area contributed by atoms with E-state index in [4.69, 9.17) is 9.47 Å². The van der Waals surface area contributed by atoms with Crippen LogP contribution in [-0.4, -0.2) is 31.4 Å². The van der Waals surface area contributed by atoms with Crippen LogP contribution in [0.5, 0.6) is 5.75 Å². The van der Waals surface area contributed by atoms with Crippen molar-refractivity contribution in [2.24, 2.45) is 0 Å². The normalized spacial score (nSPS) is 10.8. The van der Waals surface area contributed by atoms with E-state index in [9.17, 15) is 18.4 Å². The molecule has 0 saturated carbocycles. The molecule has 2 rings (SSSR count). The van der Waals surface area contributed by atoms with Crippen molar-refractivity contribution in [3.8, 4) is 5.75 Å². The molecule has 5 nitrogen and oxygen atoms in total. The Hall–Kier alpha value is -2.87. The second-order valence-electron chi connectivity index (χ2n) is 5.13. The smallest absolute Gasteiger partial charge is 0.331 e. The minimum atomic E-state index is -2.51. The molecule has 2 aromatic carbocycles. The van der Waals surface area contributed by atoms with Gasteiger partial charge in [0.2, 0.25) is 0 Å². The Morgan fingerprint density at radius 2 is 1.85 bits per heavy atom. The number of benzene rings is 2. The first-order chi connectivity index (χ1) is 13.0. The predicted molar refractivity (Wildman–Crippen MR) is 99.9 cm³/mol. The van der Waals surface area contributed by atoms with E-state index in [2.05, 4.69) is 5.32 Å². The third-order valence-corrected chi connectivity index (χ3v) is 3.97. The molecule has 2 aromatic rings. The standard InChI is InChI=1S/C19H17F2NO4S/c1-25-16-5-3-2-4-13(16)6-11-18(24)26-12-17(23)22-14-7-9-15(10-8-14)27-19(20)21/h2-11,19H,12H2,1H3,(H,22,23)/b11-6+. The van der Waals surface area contributed by atoms with Gasteiger partial charge >= 0.3 is 5.97 Å². The fourth-order valence-corrected chi connectivity index (χ4v) is 2.56. The number of halogens is 2. The van der Waals surface area contributed by atoms with Crippen LogP contribution < -0.4 is 10.1 Å². The first-order valence-corrected chi connectivity index (χ1v) is 8.68. The summed E-state index contributed by atoms with van der Waals surface area (Å²) < 4.78 is 34.5. The van der Waals surface area contributed by atoms with E-state index in [1.807, 2.05) is 0 Å². The number of methoxy groups -OCH3 is 1. The number of carbonyl (C=O) groups is 2. The van der Waals surface area contributed by atoms with Gasteiger partial charge in [-0.15, -0.1) is 0 Å². The Morgan fingerprint density at radius 3 is 2.52 bits per heavy atom. The predicted octanol–water partition coefficient (Wildman–Crippen LogP) is 4.21. The summed E-state index contributed by atoms with van der Waals surface area (Å²) >= 11 is 0.414. The van der Waals surface area contributed by atoms with Gasteiger partial charge in [-0.05, 0) is 36.4 Å². The number of nitrogens with one attached hydrogen (secondary N) is 1. The van der Waals surface area contributed by atoms with Crippen molar-refractivity contribution < 1.29 is 27.8 Å². The summed E-state index contributed by atoms with van der Waals surface area (Å²) in [4.78, 5) is 23.9. The number of hydrogen-bond acceptors (Lipinski definition) is 5. The summed E-state index contributed by atoms with van der Waals surface area (Å²) in [5.41, 5.74) is 1.11. The highest BCUT2D eigenvalue weighted by Crippen LogP contribution is 2.26. The summed E-state index contributed by atoms with van der Waals surface area (Å²) in [7, 11) is 1.52. The van der Waals surface area contributed by atoms with E-state index >= 15 is 0 Å². The molecule has 142 valence electrons. The van der Waals surface area contributed by atoms with E-state index in [1.54, 1.807) is 24.3 Å². The quantitative estimate of drug-likeness (QED) is 0.414. The first-order valence-electron chi connectivity index (χ1n) is 7.80. The maximum absolute atomic E-state index is 12.3. The number of ether oxygens (including phenoxy) is 2. The molecule has 1 amide bonds. The maximum atomic E-state index is 12.3. The molecule has 0 atom stereocenters. The van der Waals surface area contributed by atoms with Crippen LogP contribution in [0.4, 0.5) is 14.5 Å². The second-order valence-corrected chi connectivity index (χ2v) is 6.20. The second kappa shape index (κ2) is 10.3. The number of anilines is 1. The third kappa shape index (κ3) is 7.10. The highest BCUT2D eigenvalue weighted by atomic mass is 32.2. The number of alkyl halides is 2. The third-order valence-electron chi connectivity index (χ3n) is 3.25. The molecule has 0 heterocycles. The molecule has 0 spiro atoms. The van der Waals surface area contributed by atoms with Crippen LogP contribution in [0.3, 0.4) is 0 Å². The molecule has 0 radical (unpaired) electrons. The number of carbonyl (C=O) groups excluding carboxylic acids is 2. The molecule has 0 bridgehead atoms. The van der Waals surface area contributed by atoms with Crippen molar-refractivity contribution >= 4 is 35.4 Å². The van der Waals surface area contributed by atoms with Crippen molar-refractivity contribution in [2.75, 3.05) is 19.0 Å². The average Bonchev–Trinajstić information content (AvgIpc) is 2.66. The zero-order chi connectivity index (χ0) is 19.6. The van der Waals surface area contributed by atoms with Crippen molar-refractivity contribution in [1.29, 1.82) is 0 Å². The molecule has 0 aliphatic carbocycles. The number of esters is 1. The van der Waals surface area contributed by atoms with Crippen molar-refractivity contribution in [2.45, 2.75) is 10.7 Å². The highest BCUT2D eigenvalue weighted by Gasteiger charge is 2.08. The maximum Gasteiger partial charge on any atom is 0.331 e. The zero-order valence-electron chi connectivity index (χ0n) is 14.4. The number of para-hydroxylation sites is 1. The van der Waals surface area contributed by atoms with E-state index in [0.29, 0.717) is 33.7 Å². The topological polar surface area (TPSA) is 64.6 Å². The highest BCUT2D eigenvalue weighted by molar-refractivity contribution is 7.99. The van der Waals surface area contributed by atoms with Crippen LogP contribution in [0.1, 0.15) is 5.56 Å². The molecule has 8 heteroatoms. The van der Waals surface area contributed by atoms with Crippen molar-refractivity contribution in [1.82, 2.24) is 0 Å². The van der Waals surface area contributed by atoms with Crippen LogP contribution >= 0.6 is 11.8 Å². The van der Waals surface area contributed by atoms with Crippen LogP contribution in [-0.2, 0) is 14.3 Å². The number of hydrogen-bond donors (Lipinski definition) is 1. The summed E-state index contributed by atoms with van der Waals surface area (Å²) in [5.74, 6) is -3.12. The Kier molecular flexibility index (Phi) is 7.81. The minimum absolute atomic E-state index is 0.385. The van der Waals surface area contributed by atoms with Crippen LogP contribution in [0.15, 0.2) is 59.5 Å². The van der Waals surface area contributed by atoms with E-state index < -0.39 is 24.2 Å². The summed E-state index contributed by atoms with van der Waals surface area (Å²) in [5, 5.41) is 2.51. The van der Waals surface area contributed by atoms with Crippen LogP contribution in [0, 0.1) is 0 Å². The first kappa shape index (κ1) is 20.4. The van der Waals surface area contributed by atoms with E-state index in [0.717, 1.165) is 0 Å². The molecule has 0 unspecified atom stereocenters. The Bertz CT molecular complexity index is 810. The average molecular weight is 393 g/mol. The fraction of sp³-hybridized carbons (Fsp3) is 0.158. The minimum Gasteiger partial charge on any atom is -0.496 e. The number of rotatable bonds is 8. The lowest BCUT2D eigenvalue weighted by atomic mass is 10.2. The molecule has 0 aliphatic rings. The van der Waals surface area contributed by atoms with Crippen LogP contribution in [0.2, 0.25) is 0 Å². The van der Waals surface area contributed by atoms with Gasteiger partial charge in [-0.25, -0.2) is 4.79 Å². The van der Waals surface area contributed by atoms with E-state index in [-0.39, 0.29) is 0 Å². The zero-order valence-corrected chi connectivity index (χ0v) is 15.2. The van der Waals surface area contributed by atoms with Gasteiger partial charge < -0.3 is 14.8 Å². The SMILES string of the molecule is COc1ccccc1/C=C/C(=O)OCC(=O)Nc1ccc(SC(F)F)cc1. The lowest BCUT2D eigenvalue weighted by Gasteiger charge is -2.07. The molecule has 0 fully saturated rings. The number of thioether (sulfide) groups is 1. The lowest BCUT2D eigenvalue weighted by Crippen LogP contribution is -2.20. The monoisotopic (exact) mass is 393 g/mol. The van der Waals surface area contributed by atoms with Gasteiger partial charge in [0.05, 0.1) is 7.11 Å². The van der Waals surface area contributed by atoms with Crippen molar-refractivity contribution in [3.63, 3.8) is 0 Å². The molecular weight excluding hydrogens is 376 g/mol. The molecule has 27 heavy (non-hydrogen) atoms. The Labute approximate surface area is 159 Å². The largest absolute Gasteiger partial charge is 0.496 e. The lowest BCUT2D eigenvalue weighted by molar-refractivity contribution is -0.142. The van der Waals surface area contributed by atoms with Crippen LogP contribution in [0.25, 0.3) is 6.08 Å². The van der Waals surface area contributed by atoms with Gasteiger partial charge in [-0.3, -0.25) is 4.79 Å².